The van der Waals surface area contributed by atoms with Crippen LogP contribution in [0.15, 0.2) is 0 Å². The second-order valence-corrected chi connectivity index (χ2v) is 6.42. The lowest BCUT2D eigenvalue weighted by atomic mass is 10.0. The SMILES string of the molecule is COC(=O)C(NCC(=O)NC(C)CCCC(C)C)C(C)C. The fraction of sp³-hybridized carbons (Fsp3) is 0.875. The molecule has 0 aromatic heterocycles. The van der Waals surface area contributed by atoms with E-state index >= 15 is 0 Å². The van der Waals surface area contributed by atoms with Crippen LogP contribution in [0.4, 0.5) is 0 Å². The van der Waals surface area contributed by atoms with Crippen LogP contribution in [0.2, 0.25) is 0 Å². The summed E-state index contributed by atoms with van der Waals surface area (Å²) in [4.78, 5) is 23.4. The van der Waals surface area contributed by atoms with Gasteiger partial charge in [0.15, 0.2) is 0 Å². The van der Waals surface area contributed by atoms with Gasteiger partial charge in [0.25, 0.3) is 0 Å². The number of carbonyl (C=O) groups is 2. The van der Waals surface area contributed by atoms with E-state index in [1.807, 2.05) is 20.8 Å². The van der Waals surface area contributed by atoms with E-state index in [1.54, 1.807) is 0 Å². The van der Waals surface area contributed by atoms with Crippen molar-refractivity contribution in [3.05, 3.63) is 0 Å². The van der Waals surface area contributed by atoms with Gasteiger partial charge in [-0.25, -0.2) is 0 Å². The van der Waals surface area contributed by atoms with E-state index in [9.17, 15) is 9.59 Å². The first-order valence-electron chi connectivity index (χ1n) is 7.88. The number of rotatable bonds is 10. The molecule has 0 saturated heterocycles. The summed E-state index contributed by atoms with van der Waals surface area (Å²) in [6, 6.07) is -0.286. The molecular formula is C16H32N2O3. The topological polar surface area (TPSA) is 67.4 Å². The molecule has 0 aliphatic rings. The van der Waals surface area contributed by atoms with E-state index in [1.165, 1.54) is 13.5 Å². The van der Waals surface area contributed by atoms with Crippen molar-refractivity contribution < 1.29 is 14.3 Å². The first-order valence-corrected chi connectivity index (χ1v) is 7.88. The molecule has 0 aromatic rings. The molecule has 2 atom stereocenters. The second-order valence-electron chi connectivity index (χ2n) is 6.42. The van der Waals surface area contributed by atoms with Gasteiger partial charge in [-0.1, -0.05) is 40.5 Å². The molecule has 0 bridgehead atoms. The molecule has 2 N–H and O–H groups in total. The van der Waals surface area contributed by atoms with Crippen molar-refractivity contribution in [2.45, 2.75) is 66.0 Å². The minimum atomic E-state index is -0.447. The summed E-state index contributed by atoms with van der Waals surface area (Å²) in [6.45, 7) is 10.4. The van der Waals surface area contributed by atoms with Gasteiger partial charge in [-0.15, -0.1) is 0 Å². The van der Waals surface area contributed by atoms with Crippen LogP contribution >= 0.6 is 0 Å². The molecule has 21 heavy (non-hydrogen) atoms. The molecule has 0 aliphatic carbocycles. The van der Waals surface area contributed by atoms with Crippen molar-refractivity contribution in [3.8, 4) is 0 Å². The highest BCUT2D eigenvalue weighted by atomic mass is 16.5. The fourth-order valence-electron chi connectivity index (χ4n) is 2.15. The normalized spacial score (nSPS) is 14.1. The Morgan fingerprint density at radius 3 is 2.14 bits per heavy atom. The van der Waals surface area contributed by atoms with Gasteiger partial charge in [-0.05, 0) is 25.2 Å². The van der Waals surface area contributed by atoms with Crippen molar-refractivity contribution in [2.24, 2.45) is 11.8 Å². The minimum Gasteiger partial charge on any atom is -0.468 e. The maximum atomic E-state index is 11.9. The van der Waals surface area contributed by atoms with Crippen molar-refractivity contribution in [3.63, 3.8) is 0 Å². The average Bonchev–Trinajstić information content (AvgIpc) is 2.37. The highest BCUT2D eigenvalue weighted by Gasteiger charge is 2.23. The number of hydrogen-bond acceptors (Lipinski definition) is 4. The van der Waals surface area contributed by atoms with E-state index < -0.39 is 6.04 Å². The number of methoxy groups -OCH3 is 1. The molecule has 2 unspecified atom stereocenters. The lowest BCUT2D eigenvalue weighted by Gasteiger charge is -2.20. The molecule has 0 radical (unpaired) electrons. The molecule has 124 valence electrons. The van der Waals surface area contributed by atoms with Crippen LogP contribution in [0.3, 0.4) is 0 Å². The van der Waals surface area contributed by atoms with Gasteiger partial charge in [0.2, 0.25) is 5.91 Å². The van der Waals surface area contributed by atoms with E-state index in [0.29, 0.717) is 5.92 Å². The summed E-state index contributed by atoms with van der Waals surface area (Å²) in [5.74, 6) is 0.361. The first-order chi connectivity index (χ1) is 9.77. The Morgan fingerprint density at radius 2 is 1.67 bits per heavy atom. The van der Waals surface area contributed by atoms with E-state index in [4.69, 9.17) is 4.74 Å². The molecule has 0 aromatic carbocycles. The Hall–Kier alpha value is -1.10. The standard InChI is InChI=1S/C16H32N2O3/c1-11(2)8-7-9-13(5)18-14(19)10-17-15(12(3)4)16(20)21-6/h11-13,15,17H,7-10H2,1-6H3,(H,18,19). The molecule has 5 heteroatoms. The van der Waals surface area contributed by atoms with Crippen LogP contribution in [0.25, 0.3) is 0 Å². The average molecular weight is 300 g/mol. The van der Waals surface area contributed by atoms with Crippen LogP contribution in [-0.2, 0) is 14.3 Å². The molecule has 5 nitrogen and oxygen atoms in total. The summed E-state index contributed by atoms with van der Waals surface area (Å²) in [6.07, 6.45) is 3.27. The third kappa shape index (κ3) is 9.45. The van der Waals surface area contributed by atoms with Gasteiger partial charge in [-0.3, -0.25) is 14.9 Å². The first kappa shape index (κ1) is 19.9. The Balaban J connectivity index is 4.04. The lowest BCUT2D eigenvalue weighted by Crippen LogP contribution is -2.47. The highest BCUT2D eigenvalue weighted by Crippen LogP contribution is 2.08. The Kier molecular flexibility index (Phi) is 10.0. The number of hydrogen-bond donors (Lipinski definition) is 2. The number of ether oxygens (including phenoxy) is 1. The maximum absolute atomic E-state index is 11.9. The number of amides is 1. The Labute approximate surface area is 129 Å². The van der Waals surface area contributed by atoms with Crippen molar-refractivity contribution in [1.29, 1.82) is 0 Å². The van der Waals surface area contributed by atoms with Crippen molar-refractivity contribution in [2.75, 3.05) is 13.7 Å². The third-order valence-electron chi connectivity index (χ3n) is 3.43. The van der Waals surface area contributed by atoms with Gasteiger partial charge in [0, 0.05) is 6.04 Å². The van der Waals surface area contributed by atoms with E-state index in [-0.39, 0.29) is 30.4 Å². The largest absolute Gasteiger partial charge is 0.468 e. The van der Waals surface area contributed by atoms with Gasteiger partial charge in [-0.2, -0.15) is 0 Å². The van der Waals surface area contributed by atoms with Crippen molar-refractivity contribution in [1.82, 2.24) is 10.6 Å². The molecule has 0 saturated carbocycles. The van der Waals surface area contributed by atoms with E-state index in [0.717, 1.165) is 12.8 Å². The summed E-state index contributed by atoms with van der Waals surface area (Å²) in [5, 5.41) is 5.91. The highest BCUT2D eigenvalue weighted by molar-refractivity contribution is 5.80. The number of esters is 1. The number of carbonyl (C=O) groups excluding carboxylic acids is 2. The van der Waals surface area contributed by atoms with Gasteiger partial charge < -0.3 is 10.1 Å². The smallest absolute Gasteiger partial charge is 0.323 e. The molecule has 0 heterocycles. The number of nitrogens with one attached hydrogen (secondary N) is 2. The van der Waals surface area contributed by atoms with Gasteiger partial charge in [0.05, 0.1) is 13.7 Å². The predicted molar refractivity (Wildman–Crippen MR) is 84.9 cm³/mol. The second kappa shape index (κ2) is 10.6. The molecule has 0 spiro atoms. The van der Waals surface area contributed by atoms with Gasteiger partial charge in [0.1, 0.15) is 6.04 Å². The Morgan fingerprint density at radius 1 is 1.05 bits per heavy atom. The zero-order valence-corrected chi connectivity index (χ0v) is 14.4. The van der Waals surface area contributed by atoms with Gasteiger partial charge >= 0.3 is 5.97 Å². The van der Waals surface area contributed by atoms with Crippen LogP contribution in [0, 0.1) is 11.8 Å². The maximum Gasteiger partial charge on any atom is 0.323 e. The minimum absolute atomic E-state index is 0.0775. The molecular weight excluding hydrogens is 268 g/mol. The van der Waals surface area contributed by atoms with Crippen molar-refractivity contribution >= 4 is 11.9 Å². The molecule has 0 rings (SSSR count). The zero-order valence-electron chi connectivity index (χ0n) is 14.4. The summed E-state index contributed by atoms with van der Waals surface area (Å²) < 4.78 is 4.73. The van der Waals surface area contributed by atoms with Crippen LogP contribution in [0.5, 0.6) is 0 Å². The molecule has 1 amide bonds. The zero-order chi connectivity index (χ0) is 16.4. The van der Waals surface area contributed by atoms with Crippen LogP contribution < -0.4 is 10.6 Å². The lowest BCUT2D eigenvalue weighted by molar-refractivity contribution is -0.144. The van der Waals surface area contributed by atoms with Crippen LogP contribution in [0.1, 0.15) is 53.9 Å². The molecule has 0 aliphatic heterocycles. The Bertz CT molecular complexity index is 317. The van der Waals surface area contributed by atoms with Crippen LogP contribution in [-0.4, -0.2) is 37.6 Å². The fourth-order valence-corrected chi connectivity index (χ4v) is 2.15. The summed E-state index contributed by atoms with van der Waals surface area (Å²) in [5.41, 5.74) is 0. The summed E-state index contributed by atoms with van der Waals surface area (Å²) >= 11 is 0. The monoisotopic (exact) mass is 300 g/mol. The predicted octanol–water partition coefficient (Wildman–Crippen LogP) is 2.10. The quantitative estimate of drug-likeness (QED) is 0.606. The third-order valence-corrected chi connectivity index (χ3v) is 3.43. The summed E-state index contributed by atoms with van der Waals surface area (Å²) in [7, 11) is 1.36. The van der Waals surface area contributed by atoms with E-state index in [2.05, 4.69) is 24.5 Å². The molecule has 0 fully saturated rings.